The first-order valence-corrected chi connectivity index (χ1v) is 5.30. The number of carbonyl (C=O) groups excluding carboxylic acids is 1. The van der Waals surface area contributed by atoms with Gasteiger partial charge < -0.3 is 16.6 Å². The highest BCUT2D eigenvalue weighted by Gasteiger charge is 2.19. The molecule has 0 aliphatic carbocycles. The average molecular weight is 222 g/mol. The molecule has 4 nitrogen and oxygen atoms in total. The molecule has 1 rings (SSSR count). The number of phenolic OH excluding ortho intramolecular Hbond substituents is 1. The van der Waals surface area contributed by atoms with Crippen molar-refractivity contribution in [1.29, 1.82) is 0 Å². The number of aromatic hydroxyl groups is 1. The van der Waals surface area contributed by atoms with Gasteiger partial charge in [-0.1, -0.05) is 13.8 Å². The first kappa shape index (κ1) is 12.5. The molecule has 0 aromatic heterocycles. The van der Waals surface area contributed by atoms with Crippen LogP contribution in [0.1, 0.15) is 30.6 Å². The van der Waals surface area contributed by atoms with Crippen LogP contribution < -0.4 is 11.5 Å². The third-order valence-corrected chi connectivity index (χ3v) is 2.36. The molecule has 0 amide bonds. The molecule has 0 fully saturated rings. The number of ketones is 1. The molecule has 88 valence electrons. The van der Waals surface area contributed by atoms with Crippen LogP contribution in [-0.2, 0) is 0 Å². The largest absolute Gasteiger partial charge is 0.508 e. The molecule has 0 bridgehead atoms. The van der Waals surface area contributed by atoms with Crippen molar-refractivity contribution in [2.45, 2.75) is 26.3 Å². The topological polar surface area (TPSA) is 89.3 Å². The van der Waals surface area contributed by atoms with Crippen LogP contribution in [0.4, 0.5) is 5.69 Å². The summed E-state index contributed by atoms with van der Waals surface area (Å²) in [6, 6.07) is 3.74. The summed E-state index contributed by atoms with van der Waals surface area (Å²) >= 11 is 0. The number of Topliss-reactive ketones (excluding diaryl/α,β-unsaturated/α-hetero) is 1. The van der Waals surface area contributed by atoms with Gasteiger partial charge in [-0.3, -0.25) is 4.79 Å². The van der Waals surface area contributed by atoms with Gasteiger partial charge in [0.15, 0.2) is 5.78 Å². The molecule has 5 N–H and O–H groups in total. The van der Waals surface area contributed by atoms with Crippen molar-refractivity contribution in [1.82, 2.24) is 0 Å². The van der Waals surface area contributed by atoms with E-state index in [0.29, 0.717) is 23.6 Å². The number of carbonyl (C=O) groups is 1. The van der Waals surface area contributed by atoms with Gasteiger partial charge in [0.2, 0.25) is 0 Å². The zero-order valence-electron chi connectivity index (χ0n) is 9.60. The van der Waals surface area contributed by atoms with Gasteiger partial charge in [-0.15, -0.1) is 0 Å². The summed E-state index contributed by atoms with van der Waals surface area (Å²) in [6.45, 7) is 4.00. The zero-order chi connectivity index (χ0) is 12.3. The minimum absolute atomic E-state index is 0.0225. The third-order valence-electron chi connectivity index (χ3n) is 2.36. The molecular weight excluding hydrogens is 204 g/mol. The Morgan fingerprint density at radius 2 is 2.06 bits per heavy atom. The Bertz CT molecular complexity index is 389. The van der Waals surface area contributed by atoms with E-state index >= 15 is 0 Å². The van der Waals surface area contributed by atoms with E-state index in [1.165, 1.54) is 18.2 Å². The molecule has 1 aromatic carbocycles. The normalized spacial score (nSPS) is 12.8. The van der Waals surface area contributed by atoms with Crippen molar-refractivity contribution >= 4 is 11.5 Å². The van der Waals surface area contributed by atoms with Gasteiger partial charge in [-0.2, -0.15) is 0 Å². The number of rotatable bonds is 4. The Hall–Kier alpha value is -1.55. The molecule has 16 heavy (non-hydrogen) atoms. The molecule has 0 unspecified atom stereocenters. The summed E-state index contributed by atoms with van der Waals surface area (Å²) < 4.78 is 0. The maximum atomic E-state index is 11.9. The van der Waals surface area contributed by atoms with Crippen molar-refractivity contribution in [2.75, 3.05) is 5.73 Å². The monoisotopic (exact) mass is 222 g/mol. The third kappa shape index (κ3) is 2.97. The molecule has 0 spiro atoms. The molecule has 4 heteroatoms. The smallest absolute Gasteiger partial charge is 0.181 e. The van der Waals surface area contributed by atoms with Gasteiger partial charge in [0.05, 0.1) is 6.04 Å². The van der Waals surface area contributed by atoms with Gasteiger partial charge in [0, 0.05) is 11.3 Å². The maximum absolute atomic E-state index is 11.9. The highest BCUT2D eigenvalue weighted by molar-refractivity contribution is 6.04. The van der Waals surface area contributed by atoms with E-state index in [4.69, 9.17) is 11.5 Å². The number of hydrogen-bond donors (Lipinski definition) is 3. The molecule has 1 atom stereocenters. The van der Waals surface area contributed by atoms with E-state index in [-0.39, 0.29) is 11.5 Å². The molecule has 0 saturated heterocycles. The summed E-state index contributed by atoms with van der Waals surface area (Å²) in [4.78, 5) is 11.9. The van der Waals surface area contributed by atoms with Crippen LogP contribution in [0.3, 0.4) is 0 Å². The standard InChI is InChI=1S/C12H18N2O2/c1-7(2)5-11(14)12(16)9-6-8(15)3-4-10(9)13/h3-4,6-7,11,15H,5,13-14H2,1-2H3/t11-/m0/s1. The molecular formula is C12H18N2O2. The number of nitrogen functional groups attached to an aromatic ring is 1. The van der Waals surface area contributed by atoms with Gasteiger partial charge >= 0.3 is 0 Å². The Kier molecular flexibility index (Phi) is 3.90. The highest BCUT2D eigenvalue weighted by atomic mass is 16.3. The summed E-state index contributed by atoms with van der Waals surface area (Å²) in [7, 11) is 0. The fraction of sp³-hybridized carbons (Fsp3) is 0.417. The summed E-state index contributed by atoms with van der Waals surface area (Å²) in [6.07, 6.45) is 0.605. The van der Waals surface area contributed by atoms with Crippen LogP contribution in [0.25, 0.3) is 0 Å². The van der Waals surface area contributed by atoms with Crippen LogP contribution in [0.5, 0.6) is 5.75 Å². The van der Waals surface area contributed by atoms with Crippen LogP contribution in [0.2, 0.25) is 0 Å². The summed E-state index contributed by atoms with van der Waals surface area (Å²) in [5.74, 6) is 0.147. The summed E-state index contributed by atoms with van der Waals surface area (Å²) in [5.41, 5.74) is 12.1. The first-order chi connectivity index (χ1) is 7.41. The second-order valence-electron chi connectivity index (χ2n) is 4.37. The van der Waals surface area contributed by atoms with Crippen LogP contribution in [-0.4, -0.2) is 16.9 Å². The lowest BCUT2D eigenvalue weighted by Crippen LogP contribution is -2.32. The molecule has 0 heterocycles. The van der Waals surface area contributed by atoms with Gasteiger partial charge in [-0.25, -0.2) is 0 Å². The van der Waals surface area contributed by atoms with Crippen LogP contribution in [0, 0.1) is 5.92 Å². The fourth-order valence-corrected chi connectivity index (χ4v) is 1.57. The molecule has 0 aliphatic rings. The quantitative estimate of drug-likeness (QED) is 0.409. The number of benzene rings is 1. The van der Waals surface area contributed by atoms with E-state index in [9.17, 15) is 9.90 Å². The summed E-state index contributed by atoms with van der Waals surface area (Å²) in [5, 5.41) is 9.30. The Balaban J connectivity index is 2.91. The van der Waals surface area contributed by atoms with Crippen LogP contribution in [0.15, 0.2) is 18.2 Å². The van der Waals surface area contributed by atoms with E-state index in [1.807, 2.05) is 13.8 Å². The predicted molar refractivity (Wildman–Crippen MR) is 64.3 cm³/mol. The van der Waals surface area contributed by atoms with Crippen molar-refractivity contribution in [3.05, 3.63) is 23.8 Å². The number of nitrogens with two attached hydrogens (primary N) is 2. The molecule has 1 aromatic rings. The van der Waals surface area contributed by atoms with Crippen molar-refractivity contribution in [3.8, 4) is 5.75 Å². The lowest BCUT2D eigenvalue weighted by atomic mass is 9.96. The van der Waals surface area contributed by atoms with E-state index < -0.39 is 6.04 Å². The predicted octanol–water partition coefficient (Wildman–Crippen LogP) is 1.53. The lowest BCUT2D eigenvalue weighted by Gasteiger charge is -2.14. The number of phenols is 1. The number of hydrogen-bond acceptors (Lipinski definition) is 4. The van der Waals surface area contributed by atoms with E-state index in [2.05, 4.69) is 0 Å². The minimum Gasteiger partial charge on any atom is -0.508 e. The van der Waals surface area contributed by atoms with Gasteiger partial charge in [0.25, 0.3) is 0 Å². The highest BCUT2D eigenvalue weighted by Crippen LogP contribution is 2.20. The first-order valence-electron chi connectivity index (χ1n) is 5.30. The zero-order valence-corrected chi connectivity index (χ0v) is 9.60. The second kappa shape index (κ2) is 4.99. The Labute approximate surface area is 95.3 Å². The van der Waals surface area contributed by atoms with Crippen LogP contribution >= 0.6 is 0 Å². The van der Waals surface area contributed by atoms with Gasteiger partial charge in [-0.05, 0) is 30.5 Å². The molecule has 0 saturated carbocycles. The lowest BCUT2D eigenvalue weighted by molar-refractivity contribution is 0.0951. The maximum Gasteiger partial charge on any atom is 0.181 e. The second-order valence-corrected chi connectivity index (χ2v) is 4.37. The average Bonchev–Trinajstić information content (AvgIpc) is 2.19. The molecule has 0 radical (unpaired) electrons. The number of anilines is 1. The van der Waals surface area contributed by atoms with E-state index in [0.717, 1.165) is 0 Å². The Morgan fingerprint density at radius 1 is 1.44 bits per heavy atom. The fourth-order valence-electron chi connectivity index (χ4n) is 1.57. The van der Waals surface area contributed by atoms with Crippen molar-refractivity contribution in [2.24, 2.45) is 11.7 Å². The molecule has 0 aliphatic heterocycles. The van der Waals surface area contributed by atoms with Crippen molar-refractivity contribution < 1.29 is 9.90 Å². The van der Waals surface area contributed by atoms with Gasteiger partial charge in [0.1, 0.15) is 5.75 Å². The Morgan fingerprint density at radius 3 is 2.62 bits per heavy atom. The van der Waals surface area contributed by atoms with Crippen molar-refractivity contribution in [3.63, 3.8) is 0 Å². The SMILES string of the molecule is CC(C)C[C@H](N)C(=O)c1cc(O)ccc1N. The minimum atomic E-state index is -0.566. The van der Waals surface area contributed by atoms with E-state index in [1.54, 1.807) is 0 Å².